The standard InChI is InChI=1S/C21H18BrF3N2O2/c1-20(2,3)16-9-12(10-17(22)18(16)28)8-13(11-26)19(29)27-15-6-4-14(5-7-15)21(23,24)25/h4-10,28H,1-3H3,(H,27,29)/b13-8+. The molecule has 0 aliphatic rings. The molecular formula is C21H18BrF3N2O2. The summed E-state index contributed by atoms with van der Waals surface area (Å²) in [7, 11) is 0. The van der Waals surface area contributed by atoms with Crippen molar-refractivity contribution in [1.29, 1.82) is 5.26 Å². The summed E-state index contributed by atoms with van der Waals surface area (Å²) >= 11 is 3.26. The van der Waals surface area contributed by atoms with Crippen LogP contribution in [0, 0.1) is 11.3 Å². The number of anilines is 1. The van der Waals surface area contributed by atoms with Gasteiger partial charge in [0.15, 0.2) is 0 Å². The average Bonchev–Trinajstić information content (AvgIpc) is 2.61. The highest BCUT2D eigenvalue weighted by atomic mass is 79.9. The van der Waals surface area contributed by atoms with E-state index in [4.69, 9.17) is 0 Å². The number of nitrogens with zero attached hydrogens (tertiary/aromatic N) is 1. The highest BCUT2D eigenvalue weighted by Crippen LogP contribution is 2.37. The number of benzene rings is 2. The van der Waals surface area contributed by atoms with Gasteiger partial charge in [-0.25, -0.2) is 0 Å². The van der Waals surface area contributed by atoms with E-state index in [9.17, 15) is 28.3 Å². The second-order valence-corrected chi connectivity index (χ2v) is 8.20. The Morgan fingerprint density at radius 3 is 2.24 bits per heavy atom. The highest BCUT2D eigenvalue weighted by Gasteiger charge is 2.30. The predicted octanol–water partition coefficient (Wildman–Crippen LogP) is 6.02. The van der Waals surface area contributed by atoms with Gasteiger partial charge in [-0.3, -0.25) is 4.79 Å². The van der Waals surface area contributed by atoms with Crippen molar-refractivity contribution in [2.45, 2.75) is 32.4 Å². The van der Waals surface area contributed by atoms with Crippen molar-refractivity contribution in [2.24, 2.45) is 0 Å². The molecule has 0 saturated carbocycles. The lowest BCUT2D eigenvalue weighted by Crippen LogP contribution is -2.14. The van der Waals surface area contributed by atoms with Crippen molar-refractivity contribution < 1.29 is 23.1 Å². The van der Waals surface area contributed by atoms with E-state index in [1.165, 1.54) is 6.08 Å². The number of aromatic hydroxyl groups is 1. The van der Waals surface area contributed by atoms with E-state index in [1.807, 2.05) is 20.8 Å². The minimum Gasteiger partial charge on any atom is -0.506 e. The van der Waals surface area contributed by atoms with Crippen LogP contribution in [-0.2, 0) is 16.4 Å². The highest BCUT2D eigenvalue weighted by molar-refractivity contribution is 9.10. The van der Waals surface area contributed by atoms with Gasteiger partial charge < -0.3 is 10.4 Å². The van der Waals surface area contributed by atoms with Crippen LogP contribution >= 0.6 is 15.9 Å². The van der Waals surface area contributed by atoms with Gasteiger partial charge in [0.25, 0.3) is 5.91 Å². The zero-order valence-corrected chi connectivity index (χ0v) is 17.4. The van der Waals surface area contributed by atoms with Crippen molar-refractivity contribution in [3.63, 3.8) is 0 Å². The molecule has 2 aromatic rings. The number of amides is 1. The molecule has 0 atom stereocenters. The van der Waals surface area contributed by atoms with Crippen molar-refractivity contribution in [3.05, 3.63) is 63.1 Å². The van der Waals surface area contributed by atoms with E-state index in [0.29, 0.717) is 15.6 Å². The van der Waals surface area contributed by atoms with Crippen LogP contribution in [0.25, 0.3) is 6.08 Å². The third kappa shape index (κ3) is 5.61. The Hall–Kier alpha value is -2.79. The molecule has 2 N–H and O–H groups in total. The first-order valence-electron chi connectivity index (χ1n) is 8.46. The minimum atomic E-state index is -4.47. The molecule has 0 aliphatic heterocycles. The summed E-state index contributed by atoms with van der Waals surface area (Å²) in [6.45, 7) is 5.72. The second kappa shape index (κ2) is 8.29. The summed E-state index contributed by atoms with van der Waals surface area (Å²) in [5.41, 5.74) is -0.188. The molecule has 29 heavy (non-hydrogen) atoms. The molecule has 8 heteroatoms. The predicted molar refractivity (Wildman–Crippen MR) is 108 cm³/mol. The van der Waals surface area contributed by atoms with Crippen LogP contribution < -0.4 is 5.32 Å². The molecule has 152 valence electrons. The Kier molecular flexibility index (Phi) is 6.43. The van der Waals surface area contributed by atoms with Gasteiger partial charge in [-0.05, 0) is 69.4 Å². The molecule has 0 radical (unpaired) electrons. The van der Waals surface area contributed by atoms with Crippen LogP contribution in [0.2, 0.25) is 0 Å². The lowest BCUT2D eigenvalue weighted by molar-refractivity contribution is -0.137. The zero-order chi connectivity index (χ0) is 22.0. The van der Waals surface area contributed by atoms with Gasteiger partial charge in [-0.15, -0.1) is 0 Å². The second-order valence-electron chi connectivity index (χ2n) is 7.35. The van der Waals surface area contributed by atoms with Gasteiger partial charge in [-0.1, -0.05) is 20.8 Å². The van der Waals surface area contributed by atoms with Crippen LogP contribution in [0.3, 0.4) is 0 Å². The lowest BCUT2D eigenvalue weighted by Gasteiger charge is -2.21. The number of carbonyl (C=O) groups is 1. The van der Waals surface area contributed by atoms with Crippen molar-refractivity contribution in [3.8, 4) is 11.8 Å². The lowest BCUT2D eigenvalue weighted by atomic mass is 9.85. The number of hydrogen-bond acceptors (Lipinski definition) is 3. The summed E-state index contributed by atoms with van der Waals surface area (Å²) in [4.78, 5) is 12.4. The fourth-order valence-corrected chi connectivity index (χ4v) is 3.01. The number of carbonyl (C=O) groups excluding carboxylic acids is 1. The maximum atomic E-state index is 12.6. The molecule has 4 nitrogen and oxygen atoms in total. The first kappa shape index (κ1) is 22.5. The van der Waals surface area contributed by atoms with Gasteiger partial charge >= 0.3 is 6.18 Å². The number of halogens is 4. The third-order valence-corrected chi connectivity index (χ3v) is 4.64. The summed E-state index contributed by atoms with van der Waals surface area (Å²) < 4.78 is 38.3. The molecule has 0 aliphatic carbocycles. The summed E-state index contributed by atoms with van der Waals surface area (Å²) in [6.07, 6.45) is -3.13. The molecular weight excluding hydrogens is 449 g/mol. The van der Waals surface area contributed by atoms with Gasteiger partial charge in [0.1, 0.15) is 17.4 Å². The van der Waals surface area contributed by atoms with Crippen LogP contribution in [0.15, 0.2) is 46.4 Å². The molecule has 1 amide bonds. The molecule has 2 aromatic carbocycles. The number of phenolic OH excluding ortho intramolecular Hbond substituents is 1. The molecule has 0 spiro atoms. The van der Waals surface area contributed by atoms with Gasteiger partial charge in [0.05, 0.1) is 10.0 Å². The Morgan fingerprint density at radius 2 is 1.76 bits per heavy atom. The van der Waals surface area contributed by atoms with E-state index in [-0.39, 0.29) is 22.4 Å². The SMILES string of the molecule is CC(C)(C)c1cc(/C=C(\C#N)C(=O)Nc2ccc(C(F)(F)F)cc2)cc(Br)c1O. The number of rotatable bonds is 3. The average molecular weight is 467 g/mol. The smallest absolute Gasteiger partial charge is 0.416 e. The fourth-order valence-electron chi connectivity index (χ4n) is 2.53. The zero-order valence-electron chi connectivity index (χ0n) is 15.9. The number of nitriles is 1. The number of hydrogen-bond donors (Lipinski definition) is 2. The van der Waals surface area contributed by atoms with E-state index in [1.54, 1.807) is 18.2 Å². The maximum Gasteiger partial charge on any atom is 0.416 e. The van der Waals surface area contributed by atoms with E-state index in [2.05, 4.69) is 21.2 Å². The van der Waals surface area contributed by atoms with Crippen molar-refractivity contribution in [1.82, 2.24) is 0 Å². The van der Waals surface area contributed by atoms with Crippen LogP contribution in [0.5, 0.6) is 5.75 Å². The number of phenols is 1. The van der Waals surface area contributed by atoms with Gasteiger partial charge in [0, 0.05) is 11.3 Å². The van der Waals surface area contributed by atoms with Crippen LogP contribution in [-0.4, -0.2) is 11.0 Å². The largest absolute Gasteiger partial charge is 0.506 e. The van der Waals surface area contributed by atoms with E-state index >= 15 is 0 Å². The quantitative estimate of drug-likeness (QED) is 0.429. The Morgan fingerprint density at radius 1 is 1.17 bits per heavy atom. The number of nitrogens with one attached hydrogen (secondary N) is 1. The first-order chi connectivity index (χ1) is 13.3. The maximum absolute atomic E-state index is 12.6. The molecule has 2 rings (SSSR count). The summed E-state index contributed by atoms with van der Waals surface area (Å²) in [5.74, 6) is -0.684. The molecule has 0 saturated heterocycles. The van der Waals surface area contributed by atoms with E-state index < -0.39 is 17.6 Å². The summed E-state index contributed by atoms with van der Waals surface area (Å²) in [6, 6.07) is 8.94. The monoisotopic (exact) mass is 466 g/mol. The van der Waals surface area contributed by atoms with Gasteiger partial charge in [-0.2, -0.15) is 18.4 Å². The molecule has 0 aromatic heterocycles. The number of alkyl halides is 3. The molecule has 0 unspecified atom stereocenters. The molecule has 0 heterocycles. The minimum absolute atomic E-state index is 0.0716. The third-order valence-electron chi connectivity index (χ3n) is 4.04. The Labute approximate surface area is 174 Å². The first-order valence-corrected chi connectivity index (χ1v) is 9.25. The van der Waals surface area contributed by atoms with Crippen LogP contribution in [0.1, 0.15) is 37.5 Å². The van der Waals surface area contributed by atoms with Crippen molar-refractivity contribution in [2.75, 3.05) is 5.32 Å². The van der Waals surface area contributed by atoms with Gasteiger partial charge in [0.2, 0.25) is 0 Å². The van der Waals surface area contributed by atoms with E-state index in [0.717, 1.165) is 24.3 Å². The molecule has 0 bridgehead atoms. The molecule has 0 fully saturated rings. The topological polar surface area (TPSA) is 73.1 Å². The Balaban J connectivity index is 2.32. The summed E-state index contributed by atoms with van der Waals surface area (Å²) in [5, 5.41) is 22.0. The van der Waals surface area contributed by atoms with Crippen LogP contribution in [0.4, 0.5) is 18.9 Å². The Bertz CT molecular complexity index is 999. The fraction of sp³-hybridized carbons (Fsp3) is 0.238. The normalized spacial score (nSPS) is 12.4. The van der Waals surface area contributed by atoms with Crippen molar-refractivity contribution >= 4 is 33.6 Å².